The molecule has 4 aromatic rings. The number of anilines is 1. The van der Waals surface area contributed by atoms with Crippen molar-refractivity contribution in [2.75, 3.05) is 5.32 Å². The maximum Gasteiger partial charge on any atom is 0.293 e. The molecule has 1 fully saturated rings. The van der Waals surface area contributed by atoms with Gasteiger partial charge in [0.25, 0.3) is 24.2 Å². The van der Waals surface area contributed by atoms with Gasteiger partial charge in [-0.1, -0.05) is 24.3 Å². The SMILES string of the molecule is Cc1c(C(=O)Nc2ccc(F)c(C(F)F)c2)c2n(c1-c1ccc(C(=O)C(=O)NC3(c4nncs4)CC(F)(F)C3)cc1)CCC2. The zero-order chi connectivity index (χ0) is 31.4. The Hall–Kier alpha value is -4.46. The molecule has 3 heterocycles. The van der Waals surface area contributed by atoms with Crippen LogP contribution in [0.3, 0.4) is 0 Å². The molecule has 2 aliphatic rings. The average Bonchev–Trinajstić information content (AvgIpc) is 3.71. The Morgan fingerprint density at radius 1 is 1.07 bits per heavy atom. The van der Waals surface area contributed by atoms with Crippen LogP contribution < -0.4 is 10.6 Å². The van der Waals surface area contributed by atoms with Gasteiger partial charge in [-0.15, -0.1) is 21.5 Å². The second-order valence-corrected chi connectivity index (χ2v) is 11.8. The number of aromatic nitrogens is 3. The molecule has 2 amide bonds. The van der Waals surface area contributed by atoms with Crippen LogP contribution in [0.1, 0.15) is 68.2 Å². The highest BCUT2D eigenvalue weighted by Gasteiger charge is 2.60. The maximum atomic E-state index is 13.8. The van der Waals surface area contributed by atoms with Crippen LogP contribution in [0.15, 0.2) is 48.0 Å². The molecule has 0 bridgehead atoms. The molecule has 44 heavy (non-hydrogen) atoms. The van der Waals surface area contributed by atoms with Gasteiger partial charge in [0, 0.05) is 36.3 Å². The van der Waals surface area contributed by atoms with Crippen LogP contribution in [-0.2, 0) is 23.3 Å². The van der Waals surface area contributed by atoms with E-state index in [1.54, 1.807) is 19.1 Å². The summed E-state index contributed by atoms with van der Waals surface area (Å²) < 4.78 is 69.7. The number of carbonyl (C=O) groups excluding carboxylic acids is 3. The van der Waals surface area contributed by atoms with Crippen LogP contribution in [0, 0.1) is 12.7 Å². The van der Waals surface area contributed by atoms with Gasteiger partial charge >= 0.3 is 0 Å². The summed E-state index contributed by atoms with van der Waals surface area (Å²) in [5.74, 6) is -6.54. The number of alkyl halides is 4. The van der Waals surface area contributed by atoms with Gasteiger partial charge in [0.15, 0.2) is 0 Å². The summed E-state index contributed by atoms with van der Waals surface area (Å²) in [5.41, 5.74) is 2.28. The number of Topliss-reactive ketones (excluding diaryl/α,β-unsaturated/α-hetero) is 1. The molecule has 1 saturated carbocycles. The van der Waals surface area contributed by atoms with Crippen LogP contribution in [0.4, 0.5) is 27.6 Å². The topological polar surface area (TPSA) is 106 Å². The molecule has 2 aromatic carbocycles. The minimum absolute atomic E-state index is 0.0326. The third kappa shape index (κ3) is 5.16. The number of halogens is 5. The lowest BCUT2D eigenvalue weighted by molar-refractivity contribution is -0.147. The van der Waals surface area contributed by atoms with E-state index in [2.05, 4.69) is 20.8 Å². The lowest BCUT2D eigenvalue weighted by Crippen LogP contribution is -2.60. The summed E-state index contributed by atoms with van der Waals surface area (Å²) >= 11 is 1.02. The number of amides is 2. The van der Waals surface area contributed by atoms with Gasteiger partial charge in [0.1, 0.15) is 21.9 Å². The first kappa shape index (κ1) is 29.6. The standard InChI is InChI=1S/C30H24F5N5O3S/c1-15-22(26(42)37-18-8-9-20(31)19(11-18)25(32)33)21-3-2-10-40(21)23(15)16-4-6-17(7-5-16)24(41)27(43)38-29(12-30(34,35)13-29)28-39-36-14-44-28/h4-9,11,14,25H,2-3,10,12-13H2,1H3,(H,37,42)(H,38,43). The van der Waals surface area contributed by atoms with E-state index in [1.807, 2.05) is 4.57 Å². The summed E-state index contributed by atoms with van der Waals surface area (Å²) in [6.07, 6.45) is -3.05. The molecule has 2 aromatic heterocycles. The molecule has 0 radical (unpaired) electrons. The normalized spacial score (nSPS) is 16.3. The number of nitrogens with one attached hydrogen (secondary N) is 2. The van der Waals surface area contributed by atoms with E-state index in [1.165, 1.54) is 23.7 Å². The predicted molar refractivity (Wildman–Crippen MR) is 150 cm³/mol. The van der Waals surface area contributed by atoms with Crippen molar-refractivity contribution in [1.29, 1.82) is 0 Å². The Kier molecular flexibility index (Phi) is 7.34. The number of fused-ring (bicyclic) bond motifs is 1. The number of ketones is 1. The zero-order valence-electron chi connectivity index (χ0n) is 23.1. The lowest BCUT2D eigenvalue weighted by Gasteiger charge is -2.45. The summed E-state index contributed by atoms with van der Waals surface area (Å²) in [6.45, 7) is 2.37. The molecule has 6 rings (SSSR count). The van der Waals surface area contributed by atoms with Gasteiger partial charge in [-0.3, -0.25) is 14.4 Å². The second-order valence-electron chi connectivity index (χ2n) is 10.9. The Balaban J connectivity index is 1.23. The van der Waals surface area contributed by atoms with Gasteiger partial charge in [0.2, 0.25) is 5.78 Å². The Morgan fingerprint density at radius 3 is 2.43 bits per heavy atom. The molecule has 1 aliphatic heterocycles. The number of hydrogen-bond donors (Lipinski definition) is 2. The minimum Gasteiger partial charge on any atom is -0.344 e. The van der Waals surface area contributed by atoms with Crippen LogP contribution in [0.25, 0.3) is 11.3 Å². The molecular weight excluding hydrogens is 605 g/mol. The molecule has 8 nitrogen and oxygen atoms in total. The number of nitrogens with zero attached hydrogens (tertiary/aromatic N) is 3. The van der Waals surface area contributed by atoms with Gasteiger partial charge in [-0.25, -0.2) is 22.0 Å². The van der Waals surface area contributed by atoms with Gasteiger partial charge in [-0.2, -0.15) is 0 Å². The molecule has 14 heteroatoms. The van der Waals surface area contributed by atoms with E-state index in [-0.39, 0.29) is 16.3 Å². The molecule has 228 valence electrons. The van der Waals surface area contributed by atoms with Crippen molar-refractivity contribution in [3.8, 4) is 11.3 Å². The number of carbonyl (C=O) groups is 3. The highest BCUT2D eigenvalue weighted by molar-refractivity contribution is 7.09. The fourth-order valence-electron chi connectivity index (χ4n) is 6.07. The first-order valence-electron chi connectivity index (χ1n) is 13.6. The minimum atomic E-state index is -3.04. The van der Waals surface area contributed by atoms with Crippen LogP contribution in [0.2, 0.25) is 0 Å². The van der Waals surface area contributed by atoms with Crippen LogP contribution >= 0.6 is 11.3 Å². The van der Waals surface area contributed by atoms with E-state index < -0.39 is 59.7 Å². The number of hydrogen-bond acceptors (Lipinski definition) is 6. The molecular formula is C30H24F5N5O3S. The zero-order valence-corrected chi connectivity index (χ0v) is 23.9. The first-order chi connectivity index (χ1) is 20.9. The monoisotopic (exact) mass is 629 g/mol. The van der Waals surface area contributed by atoms with E-state index in [4.69, 9.17) is 0 Å². The third-order valence-corrected chi connectivity index (χ3v) is 8.89. The quantitative estimate of drug-likeness (QED) is 0.137. The molecule has 0 saturated heterocycles. The fourth-order valence-corrected chi connectivity index (χ4v) is 6.77. The molecule has 1 aliphatic carbocycles. The van der Waals surface area contributed by atoms with E-state index >= 15 is 0 Å². The largest absolute Gasteiger partial charge is 0.344 e. The maximum absolute atomic E-state index is 13.8. The van der Waals surface area contributed by atoms with Crippen LogP contribution in [-0.4, -0.2) is 38.3 Å². The van der Waals surface area contributed by atoms with Gasteiger partial charge < -0.3 is 15.2 Å². The van der Waals surface area contributed by atoms with E-state index in [9.17, 15) is 36.3 Å². The van der Waals surface area contributed by atoms with E-state index in [0.29, 0.717) is 35.3 Å². The van der Waals surface area contributed by atoms with Crippen molar-refractivity contribution < 1.29 is 36.3 Å². The predicted octanol–water partition coefficient (Wildman–Crippen LogP) is 6.21. The number of rotatable bonds is 8. The van der Waals surface area contributed by atoms with Crippen molar-refractivity contribution in [3.63, 3.8) is 0 Å². The van der Waals surface area contributed by atoms with E-state index in [0.717, 1.165) is 35.6 Å². The van der Waals surface area contributed by atoms with Crippen molar-refractivity contribution in [2.45, 2.75) is 57.0 Å². The Labute approximate surface area is 251 Å². The van der Waals surface area contributed by atoms with Crippen molar-refractivity contribution in [3.05, 3.63) is 86.7 Å². The average molecular weight is 630 g/mol. The molecule has 2 N–H and O–H groups in total. The molecule has 0 spiro atoms. The summed E-state index contributed by atoms with van der Waals surface area (Å²) in [6, 6.07) is 9.14. The van der Waals surface area contributed by atoms with Crippen molar-refractivity contribution >= 4 is 34.6 Å². The highest BCUT2D eigenvalue weighted by atomic mass is 32.1. The molecule has 0 unspecified atom stereocenters. The van der Waals surface area contributed by atoms with Crippen molar-refractivity contribution in [1.82, 2.24) is 20.1 Å². The van der Waals surface area contributed by atoms with Gasteiger partial charge in [0.05, 0.1) is 16.8 Å². The highest BCUT2D eigenvalue weighted by Crippen LogP contribution is 2.52. The smallest absolute Gasteiger partial charge is 0.293 e. The second kappa shape index (κ2) is 10.9. The van der Waals surface area contributed by atoms with Crippen LogP contribution in [0.5, 0.6) is 0 Å². The number of benzene rings is 2. The van der Waals surface area contributed by atoms with Crippen molar-refractivity contribution in [2.24, 2.45) is 0 Å². The fraction of sp³-hybridized carbons (Fsp3) is 0.300. The lowest BCUT2D eigenvalue weighted by atomic mass is 9.73. The summed E-state index contributed by atoms with van der Waals surface area (Å²) in [7, 11) is 0. The first-order valence-corrected chi connectivity index (χ1v) is 14.5. The third-order valence-electron chi connectivity index (χ3n) is 8.00. The summed E-state index contributed by atoms with van der Waals surface area (Å²) in [4.78, 5) is 39.2. The Morgan fingerprint density at radius 2 is 1.80 bits per heavy atom. The summed E-state index contributed by atoms with van der Waals surface area (Å²) in [5, 5.41) is 12.7. The van der Waals surface area contributed by atoms with Gasteiger partial charge in [-0.05, 0) is 49.1 Å². The Bertz CT molecular complexity index is 1780. The molecule has 0 atom stereocenters.